The van der Waals surface area contributed by atoms with Gasteiger partial charge in [0.05, 0.1) is 34.6 Å². The molecule has 3 amide bonds. The van der Waals surface area contributed by atoms with Gasteiger partial charge in [0.2, 0.25) is 0 Å². The van der Waals surface area contributed by atoms with Crippen molar-refractivity contribution in [3.63, 3.8) is 0 Å². The van der Waals surface area contributed by atoms with E-state index >= 15 is 0 Å². The fourth-order valence-corrected chi connectivity index (χ4v) is 6.36. The lowest BCUT2D eigenvalue weighted by Crippen LogP contribution is -2.57. The number of carbonyl (C=O) groups excluding carboxylic acids is 2. The Morgan fingerprint density at radius 2 is 1.79 bits per heavy atom. The maximum Gasteiger partial charge on any atom is 0.333 e. The number of aromatic nitrogens is 1. The Bertz CT molecular complexity index is 1510. The lowest BCUT2D eigenvalue weighted by Gasteiger charge is -2.44. The SMILES string of the molecule is CO[C@@H]1C[C@@H](N2C(=O)N(c3ccc(Oc4ccccc4)cc3)c3ccnc4sc(C(N)=O)c2c34)CN(C)C1. The van der Waals surface area contributed by atoms with Crippen LogP contribution in [0.15, 0.2) is 66.9 Å². The number of ether oxygens (including phenoxy) is 2. The highest BCUT2D eigenvalue weighted by Gasteiger charge is 2.43. The second-order valence-electron chi connectivity index (χ2n) is 9.52. The van der Waals surface area contributed by atoms with Crippen molar-refractivity contribution in [1.82, 2.24) is 9.88 Å². The molecule has 2 aliphatic heterocycles. The highest BCUT2D eigenvalue weighted by molar-refractivity contribution is 7.21. The number of methoxy groups -OCH3 is 1. The second kappa shape index (κ2) is 9.71. The molecule has 0 unspecified atom stereocenters. The summed E-state index contributed by atoms with van der Waals surface area (Å²) in [6.45, 7) is 1.40. The highest BCUT2D eigenvalue weighted by atomic mass is 32.1. The average Bonchev–Trinajstić information content (AvgIpc) is 3.31. The number of piperidine rings is 1. The van der Waals surface area contributed by atoms with Crippen LogP contribution >= 0.6 is 11.3 Å². The molecule has 4 aromatic rings. The number of hydrogen-bond donors (Lipinski definition) is 1. The zero-order chi connectivity index (χ0) is 26.4. The van der Waals surface area contributed by atoms with Crippen LogP contribution in [0.3, 0.4) is 0 Å². The monoisotopic (exact) mass is 529 g/mol. The number of amides is 3. The summed E-state index contributed by atoms with van der Waals surface area (Å²) in [5.41, 5.74) is 7.70. The first-order chi connectivity index (χ1) is 18.4. The van der Waals surface area contributed by atoms with Gasteiger partial charge in [0.25, 0.3) is 5.91 Å². The van der Waals surface area contributed by atoms with Crippen LogP contribution in [0.1, 0.15) is 16.1 Å². The van der Waals surface area contributed by atoms with Gasteiger partial charge in [-0.1, -0.05) is 18.2 Å². The minimum absolute atomic E-state index is 0.0455. The topological polar surface area (TPSA) is 101 Å². The van der Waals surface area contributed by atoms with Crippen molar-refractivity contribution in [2.24, 2.45) is 5.73 Å². The van der Waals surface area contributed by atoms with Gasteiger partial charge in [0, 0.05) is 26.4 Å². The van der Waals surface area contributed by atoms with E-state index in [0.717, 1.165) is 17.7 Å². The van der Waals surface area contributed by atoms with Crippen LogP contribution in [-0.4, -0.2) is 61.2 Å². The van der Waals surface area contributed by atoms with E-state index in [1.54, 1.807) is 29.2 Å². The van der Waals surface area contributed by atoms with Gasteiger partial charge in [-0.05, 0) is 55.9 Å². The van der Waals surface area contributed by atoms with Crippen LogP contribution in [0, 0.1) is 0 Å². The van der Waals surface area contributed by atoms with Crippen LogP contribution in [-0.2, 0) is 4.74 Å². The molecule has 9 nitrogen and oxygen atoms in total. The minimum atomic E-state index is -0.574. The molecule has 2 aliphatic rings. The third kappa shape index (κ3) is 4.16. The molecule has 6 rings (SSSR count). The molecule has 0 saturated carbocycles. The summed E-state index contributed by atoms with van der Waals surface area (Å²) < 4.78 is 11.6. The lowest BCUT2D eigenvalue weighted by molar-refractivity contribution is 0.0327. The molecule has 0 spiro atoms. The quantitative estimate of drug-likeness (QED) is 0.378. The third-order valence-corrected chi connectivity index (χ3v) is 8.09. The molecule has 38 heavy (non-hydrogen) atoms. The number of rotatable bonds is 6. The van der Waals surface area contributed by atoms with E-state index in [9.17, 15) is 9.59 Å². The van der Waals surface area contributed by atoms with Crippen LogP contribution in [0.25, 0.3) is 10.2 Å². The Morgan fingerprint density at radius 1 is 1.05 bits per heavy atom. The molecular weight excluding hydrogens is 502 g/mol. The van der Waals surface area contributed by atoms with Crippen LogP contribution in [0.4, 0.5) is 21.9 Å². The second-order valence-corrected chi connectivity index (χ2v) is 10.5. The van der Waals surface area contributed by atoms with Crippen molar-refractivity contribution in [3.8, 4) is 11.5 Å². The van der Waals surface area contributed by atoms with Crippen molar-refractivity contribution in [1.29, 1.82) is 0 Å². The van der Waals surface area contributed by atoms with E-state index in [-0.39, 0.29) is 18.2 Å². The first kappa shape index (κ1) is 24.4. The largest absolute Gasteiger partial charge is 0.457 e. The van der Waals surface area contributed by atoms with E-state index in [2.05, 4.69) is 9.88 Å². The zero-order valence-electron chi connectivity index (χ0n) is 21.0. The van der Waals surface area contributed by atoms with Crippen molar-refractivity contribution < 1.29 is 19.1 Å². The molecule has 2 N–H and O–H groups in total. The normalized spacial score (nSPS) is 19.7. The summed E-state index contributed by atoms with van der Waals surface area (Å²) in [5.74, 6) is 0.813. The number of anilines is 3. The summed E-state index contributed by atoms with van der Waals surface area (Å²) in [7, 11) is 3.69. The Kier molecular flexibility index (Phi) is 6.22. The Morgan fingerprint density at radius 3 is 2.50 bits per heavy atom. The number of benzene rings is 2. The van der Waals surface area contributed by atoms with Gasteiger partial charge in [-0.15, -0.1) is 11.3 Å². The predicted molar refractivity (Wildman–Crippen MR) is 148 cm³/mol. The number of likely N-dealkylation sites (N-methyl/N-ethyl adjacent to an activating group) is 1. The van der Waals surface area contributed by atoms with E-state index in [0.29, 0.717) is 45.5 Å². The summed E-state index contributed by atoms with van der Waals surface area (Å²) in [6, 6.07) is 18.2. The summed E-state index contributed by atoms with van der Waals surface area (Å²) in [6.07, 6.45) is 2.24. The number of nitrogens with two attached hydrogens (primary N) is 1. The average molecular weight is 530 g/mol. The van der Waals surface area contributed by atoms with Gasteiger partial charge in [-0.25, -0.2) is 9.78 Å². The minimum Gasteiger partial charge on any atom is -0.457 e. The molecule has 194 valence electrons. The van der Waals surface area contributed by atoms with E-state index in [1.165, 1.54) is 11.3 Å². The fraction of sp³-hybridized carbons (Fsp3) is 0.250. The fourth-order valence-electron chi connectivity index (χ4n) is 5.35. The van der Waals surface area contributed by atoms with Crippen molar-refractivity contribution >= 4 is 50.6 Å². The molecular formula is C28H27N5O4S. The van der Waals surface area contributed by atoms with E-state index < -0.39 is 5.91 Å². The van der Waals surface area contributed by atoms with Crippen molar-refractivity contribution in [2.75, 3.05) is 37.0 Å². The number of nitrogens with zero attached hydrogens (tertiary/aromatic N) is 4. The van der Waals surface area contributed by atoms with Gasteiger partial charge >= 0.3 is 6.03 Å². The van der Waals surface area contributed by atoms with Crippen molar-refractivity contribution in [2.45, 2.75) is 18.6 Å². The third-order valence-electron chi connectivity index (χ3n) is 6.99. The number of hydrogen-bond acceptors (Lipinski definition) is 7. The van der Waals surface area contributed by atoms with Gasteiger partial charge in [-0.3, -0.25) is 14.6 Å². The maximum atomic E-state index is 14.4. The molecule has 1 fully saturated rings. The van der Waals surface area contributed by atoms with Gasteiger partial charge in [0.1, 0.15) is 21.2 Å². The van der Waals surface area contributed by atoms with Gasteiger partial charge in [-0.2, -0.15) is 0 Å². The Hall–Kier alpha value is -3.99. The predicted octanol–water partition coefficient (Wildman–Crippen LogP) is 4.98. The number of pyridine rings is 1. The number of urea groups is 1. The molecule has 10 heteroatoms. The van der Waals surface area contributed by atoms with Crippen LogP contribution < -0.4 is 20.3 Å². The maximum absolute atomic E-state index is 14.4. The molecule has 2 aromatic heterocycles. The molecule has 0 aliphatic carbocycles. The number of thiophene rings is 1. The van der Waals surface area contributed by atoms with Crippen LogP contribution in [0.5, 0.6) is 11.5 Å². The number of likely N-dealkylation sites (tertiary alicyclic amines) is 1. The zero-order valence-corrected chi connectivity index (χ0v) is 21.9. The molecule has 4 heterocycles. The number of para-hydroxylation sites is 1. The lowest BCUT2D eigenvalue weighted by atomic mass is 9.99. The number of primary amides is 1. The van der Waals surface area contributed by atoms with E-state index in [1.807, 2.05) is 61.6 Å². The first-order valence-electron chi connectivity index (χ1n) is 12.3. The smallest absolute Gasteiger partial charge is 0.333 e. The molecule has 1 saturated heterocycles. The first-order valence-corrected chi connectivity index (χ1v) is 13.1. The molecule has 0 radical (unpaired) electrons. The Balaban J connectivity index is 1.46. The standard InChI is InChI=1S/C28H27N5O4S/c1-31-15-18(14-21(16-31)36-2)33-24-23-22(12-13-30-27(23)38-25(24)26(29)34)32(28(33)35)17-8-10-20(11-9-17)37-19-6-4-3-5-7-19/h3-13,18,21H,14-16H2,1-2H3,(H2,29,34)/t18-,21-/m1/s1. The van der Waals surface area contributed by atoms with Crippen LogP contribution in [0.2, 0.25) is 0 Å². The van der Waals surface area contributed by atoms with Gasteiger partial charge < -0.3 is 20.1 Å². The molecule has 2 aromatic carbocycles. The summed E-state index contributed by atoms with van der Waals surface area (Å²) in [4.78, 5) is 38.0. The Labute approximate surface area is 224 Å². The highest BCUT2D eigenvalue weighted by Crippen LogP contribution is 2.49. The van der Waals surface area contributed by atoms with Crippen molar-refractivity contribution in [3.05, 3.63) is 71.7 Å². The number of carbonyl (C=O) groups is 2. The summed E-state index contributed by atoms with van der Waals surface area (Å²) >= 11 is 1.22. The molecule has 2 atom stereocenters. The van der Waals surface area contributed by atoms with Gasteiger partial charge in [0.15, 0.2) is 0 Å². The van der Waals surface area contributed by atoms with E-state index in [4.69, 9.17) is 15.2 Å². The summed E-state index contributed by atoms with van der Waals surface area (Å²) in [5, 5.41) is 0.748. The molecule has 0 bridgehead atoms.